The van der Waals surface area contributed by atoms with Crippen LogP contribution in [0.3, 0.4) is 0 Å². The van der Waals surface area contributed by atoms with Crippen molar-refractivity contribution in [3.05, 3.63) is 69.1 Å². The van der Waals surface area contributed by atoms with Gasteiger partial charge < -0.3 is 36.9 Å². The SMILES string of the molecule is O=c1oc2c(CNc3ccc(C[NH+]4CCOCC4)cc3)c(O)ccc2c2c1CCC2.[Cl-]. The number of halogens is 1. The lowest BCUT2D eigenvalue weighted by Crippen LogP contribution is -3.12. The lowest BCUT2D eigenvalue weighted by atomic mass is 10.0. The monoisotopic (exact) mass is 442 g/mol. The molecule has 0 spiro atoms. The molecule has 5 rings (SSSR count). The van der Waals surface area contributed by atoms with Gasteiger partial charge in [0.1, 0.15) is 31.0 Å². The molecule has 2 aliphatic rings. The first-order valence-electron chi connectivity index (χ1n) is 10.7. The van der Waals surface area contributed by atoms with Crippen molar-refractivity contribution in [2.24, 2.45) is 0 Å². The number of morpholine rings is 1. The van der Waals surface area contributed by atoms with E-state index in [1.54, 1.807) is 11.0 Å². The largest absolute Gasteiger partial charge is 1.00 e. The number of nitrogens with one attached hydrogen (secondary N) is 2. The van der Waals surface area contributed by atoms with Gasteiger partial charge in [0.15, 0.2) is 0 Å². The number of hydrogen-bond acceptors (Lipinski definition) is 5. The average Bonchev–Trinajstić information content (AvgIpc) is 3.26. The molecule has 7 heteroatoms. The van der Waals surface area contributed by atoms with Crippen molar-refractivity contribution in [1.82, 2.24) is 0 Å². The van der Waals surface area contributed by atoms with E-state index in [1.165, 1.54) is 5.56 Å². The van der Waals surface area contributed by atoms with Gasteiger partial charge in [-0.3, -0.25) is 0 Å². The number of phenols is 1. The van der Waals surface area contributed by atoms with Crippen LogP contribution in [0.4, 0.5) is 5.69 Å². The van der Waals surface area contributed by atoms with Gasteiger partial charge >= 0.3 is 5.63 Å². The summed E-state index contributed by atoms with van der Waals surface area (Å²) in [4.78, 5) is 13.9. The van der Waals surface area contributed by atoms with Gasteiger partial charge in [0.05, 0.1) is 18.8 Å². The second kappa shape index (κ2) is 9.30. The third-order valence-corrected chi connectivity index (χ3v) is 6.30. The van der Waals surface area contributed by atoms with Crippen molar-refractivity contribution in [3.8, 4) is 5.75 Å². The third kappa shape index (κ3) is 4.42. The zero-order valence-electron chi connectivity index (χ0n) is 17.4. The van der Waals surface area contributed by atoms with E-state index >= 15 is 0 Å². The minimum atomic E-state index is -0.267. The molecule has 1 saturated heterocycles. The van der Waals surface area contributed by atoms with Crippen molar-refractivity contribution in [2.75, 3.05) is 31.6 Å². The third-order valence-electron chi connectivity index (χ3n) is 6.30. The molecule has 0 bridgehead atoms. The van der Waals surface area contributed by atoms with Crippen LogP contribution in [0, 0.1) is 0 Å². The van der Waals surface area contributed by atoms with E-state index < -0.39 is 0 Å². The molecule has 0 amide bonds. The number of quaternary nitrogens is 1. The number of ether oxygens (including phenoxy) is 1. The minimum absolute atomic E-state index is 0. The molecule has 3 N–H and O–H groups in total. The minimum Gasteiger partial charge on any atom is -1.00 e. The molecule has 6 nitrogen and oxygen atoms in total. The summed E-state index contributed by atoms with van der Waals surface area (Å²) in [5.41, 5.74) is 5.00. The van der Waals surface area contributed by atoms with Crippen molar-refractivity contribution < 1.29 is 31.6 Å². The number of aryl methyl sites for hydroxylation is 1. The van der Waals surface area contributed by atoms with E-state index in [9.17, 15) is 9.90 Å². The van der Waals surface area contributed by atoms with Crippen LogP contribution >= 0.6 is 0 Å². The van der Waals surface area contributed by atoms with Crippen LogP contribution in [0.1, 0.15) is 28.7 Å². The Morgan fingerprint density at radius 2 is 1.74 bits per heavy atom. The summed E-state index contributed by atoms with van der Waals surface area (Å²) in [6, 6.07) is 12.0. The fourth-order valence-corrected chi connectivity index (χ4v) is 4.62. The molecule has 0 unspecified atom stereocenters. The first-order valence-corrected chi connectivity index (χ1v) is 10.7. The van der Waals surface area contributed by atoms with Crippen molar-refractivity contribution in [3.63, 3.8) is 0 Å². The number of aromatic hydroxyl groups is 1. The maximum atomic E-state index is 12.4. The summed E-state index contributed by atoms with van der Waals surface area (Å²) >= 11 is 0. The van der Waals surface area contributed by atoms with Gasteiger partial charge in [-0.1, -0.05) is 12.1 Å². The standard InChI is InChI=1S/C24H26N2O4.ClH/c27-22-9-8-19-18-2-1-3-20(18)24(28)30-23(19)21(22)14-25-17-6-4-16(5-7-17)15-26-10-12-29-13-11-26;/h4-9,25,27H,1-3,10-15H2;1H. The molecule has 164 valence electrons. The van der Waals surface area contributed by atoms with E-state index in [0.29, 0.717) is 17.7 Å². The molecule has 1 fully saturated rings. The highest BCUT2D eigenvalue weighted by molar-refractivity contribution is 5.86. The van der Waals surface area contributed by atoms with Crippen LogP contribution < -0.4 is 28.2 Å². The second-order valence-electron chi connectivity index (χ2n) is 8.23. The Morgan fingerprint density at radius 3 is 2.52 bits per heavy atom. The van der Waals surface area contributed by atoms with Crippen LogP contribution in [0.15, 0.2) is 45.6 Å². The van der Waals surface area contributed by atoms with Crippen molar-refractivity contribution in [1.29, 1.82) is 0 Å². The molecule has 0 saturated carbocycles. The highest BCUT2D eigenvalue weighted by atomic mass is 35.5. The Labute approximate surface area is 187 Å². The summed E-state index contributed by atoms with van der Waals surface area (Å²) in [6.45, 7) is 5.17. The Morgan fingerprint density at radius 1 is 1.00 bits per heavy atom. The highest BCUT2D eigenvalue weighted by Gasteiger charge is 2.22. The quantitative estimate of drug-likeness (QED) is 0.443. The molecule has 0 atom stereocenters. The predicted octanol–water partition coefficient (Wildman–Crippen LogP) is -0.981. The Balaban J connectivity index is 0.00000231. The molecule has 1 aromatic heterocycles. The molecular formula is C24H27ClN2O4. The lowest BCUT2D eigenvalue weighted by molar-refractivity contribution is -0.921. The topological polar surface area (TPSA) is 76.1 Å². The highest BCUT2D eigenvalue weighted by Crippen LogP contribution is 2.33. The van der Waals surface area contributed by atoms with E-state index in [4.69, 9.17) is 9.15 Å². The van der Waals surface area contributed by atoms with E-state index in [-0.39, 0.29) is 23.8 Å². The first-order chi connectivity index (χ1) is 14.7. The summed E-state index contributed by atoms with van der Waals surface area (Å²) in [5.74, 6) is 0.142. The molecule has 1 aliphatic heterocycles. The molecular weight excluding hydrogens is 416 g/mol. The maximum absolute atomic E-state index is 12.4. The Kier molecular flexibility index (Phi) is 6.51. The summed E-state index contributed by atoms with van der Waals surface area (Å²) in [5, 5.41) is 14.7. The predicted molar refractivity (Wildman–Crippen MR) is 115 cm³/mol. The zero-order valence-corrected chi connectivity index (χ0v) is 18.1. The van der Waals surface area contributed by atoms with Gasteiger partial charge in [-0.05, 0) is 49.1 Å². The van der Waals surface area contributed by atoms with E-state index in [2.05, 4.69) is 29.6 Å². The van der Waals surface area contributed by atoms with Crippen LogP contribution in [0.2, 0.25) is 0 Å². The fourth-order valence-electron chi connectivity index (χ4n) is 4.62. The van der Waals surface area contributed by atoms with Gasteiger partial charge in [0, 0.05) is 28.7 Å². The first kappa shape index (κ1) is 21.7. The Hall–Kier alpha value is -2.54. The summed E-state index contributed by atoms with van der Waals surface area (Å²) in [6.07, 6.45) is 2.65. The Bertz CT molecular complexity index is 1120. The lowest BCUT2D eigenvalue weighted by Gasteiger charge is -2.23. The van der Waals surface area contributed by atoms with Gasteiger partial charge in [-0.15, -0.1) is 0 Å². The summed E-state index contributed by atoms with van der Waals surface area (Å²) < 4.78 is 11.1. The number of anilines is 1. The van der Waals surface area contributed by atoms with Gasteiger partial charge in [-0.2, -0.15) is 0 Å². The summed E-state index contributed by atoms with van der Waals surface area (Å²) in [7, 11) is 0. The molecule has 0 radical (unpaired) electrons. The van der Waals surface area contributed by atoms with Gasteiger partial charge in [0.2, 0.25) is 0 Å². The van der Waals surface area contributed by atoms with E-state index in [1.807, 2.05) is 6.07 Å². The molecule has 2 heterocycles. The van der Waals surface area contributed by atoms with Crippen molar-refractivity contribution in [2.45, 2.75) is 32.4 Å². The van der Waals surface area contributed by atoms with Crippen molar-refractivity contribution >= 4 is 16.7 Å². The van der Waals surface area contributed by atoms with Gasteiger partial charge in [-0.25, -0.2) is 4.79 Å². The van der Waals surface area contributed by atoms with Gasteiger partial charge in [0.25, 0.3) is 0 Å². The number of benzene rings is 2. The van der Waals surface area contributed by atoms with Crippen LogP contribution in [-0.4, -0.2) is 31.4 Å². The molecule has 2 aromatic carbocycles. The molecule has 3 aromatic rings. The smallest absolute Gasteiger partial charge is 0.339 e. The number of fused-ring (bicyclic) bond motifs is 3. The number of hydrogen-bond donors (Lipinski definition) is 3. The number of phenolic OH excluding ortho intramolecular Hbond substituents is 1. The fraction of sp³-hybridized carbons (Fsp3) is 0.375. The zero-order chi connectivity index (χ0) is 20.5. The number of rotatable bonds is 5. The molecule has 1 aliphatic carbocycles. The maximum Gasteiger partial charge on any atom is 0.339 e. The second-order valence-corrected chi connectivity index (χ2v) is 8.23. The molecule has 31 heavy (non-hydrogen) atoms. The normalized spacial score (nSPS) is 16.1. The van der Waals surface area contributed by atoms with Crippen LogP contribution in [-0.2, 0) is 30.7 Å². The average molecular weight is 443 g/mol. The van der Waals surface area contributed by atoms with E-state index in [0.717, 1.165) is 74.3 Å². The van der Waals surface area contributed by atoms with Crippen LogP contribution in [0.25, 0.3) is 11.0 Å². The van der Waals surface area contributed by atoms with Crippen LogP contribution in [0.5, 0.6) is 5.75 Å².